The molecule has 1 fully saturated rings. The Morgan fingerprint density at radius 2 is 1.84 bits per heavy atom. The van der Waals surface area contributed by atoms with Crippen LogP contribution in [-0.4, -0.2) is 70.4 Å². The number of allylic oxidation sites excluding steroid dienone is 3. The first-order chi connectivity index (χ1) is 14.8. The summed E-state index contributed by atoms with van der Waals surface area (Å²) < 4.78 is 28.2. The van der Waals surface area contributed by atoms with Gasteiger partial charge in [-0.1, -0.05) is 45.1 Å². The molecule has 0 bridgehead atoms. The molecule has 2 rings (SSSR count). The first kappa shape index (κ1) is 26.2. The van der Waals surface area contributed by atoms with E-state index in [9.17, 15) is 5.11 Å². The van der Waals surface area contributed by atoms with Gasteiger partial charge in [0.15, 0.2) is 6.29 Å². The highest BCUT2D eigenvalue weighted by atomic mass is 16.7. The average molecular weight is 439 g/mol. The Morgan fingerprint density at radius 3 is 2.39 bits per heavy atom. The van der Waals surface area contributed by atoms with E-state index in [1.807, 2.05) is 32.1 Å². The number of rotatable bonds is 12. The van der Waals surface area contributed by atoms with E-state index in [-0.39, 0.29) is 30.3 Å². The zero-order valence-electron chi connectivity index (χ0n) is 20.4. The minimum Gasteiger partial charge on any atom is -0.388 e. The van der Waals surface area contributed by atoms with Gasteiger partial charge in [0, 0.05) is 46.7 Å². The second kappa shape index (κ2) is 12.3. The van der Waals surface area contributed by atoms with Gasteiger partial charge in [-0.3, -0.25) is 0 Å². The van der Waals surface area contributed by atoms with Crippen LogP contribution >= 0.6 is 0 Å². The molecule has 0 aromatic heterocycles. The topological polar surface area (TPSA) is 66.4 Å². The maximum atomic E-state index is 10.8. The molecule has 6 heteroatoms. The number of methoxy groups -OCH3 is 4. The molecule has 0 saturated carbocycles. The van der Waals surface area contributed by atoms with Crippen molar-refractivity contribution in [1.29, 1.82) is 0 Å². The molecule has 1 aliphatic carbocycles. The summed E-state index contributed by atoms with van der Waals surface area (Å²) in [6.45, 7) is 8.40. The van der Waals surface area contributed by atoms with E-state index >= 15 is 0 Å². The number of aliphatic hydroxyl groups excluding tert-OH is 1. The second-order valence-electron chi connectivity index (χ2n) is 8.78. The van der Waals surface area contributed by atoms with Crippen molar-refractivity contribution in [2.45, 2.75) is 77.3 Å². The maximum Gasteiger partial charge on any atom is 0.184 e. The quantitative estimate of drug-likeness (QED) is 0.368. The standard InChI is InChI=1S/C25H42O6/c1-9-20(27-5)17(4)18-13-19(18)23(26)15(2)11-10-12-16(3)24-21(28-6)14-22(29-7)25(30-8)31-24/h10-13,15,17-18,20-26H,9,14H2,1-8H3/b11-10+,16-12+/t15-,17-,18-,20-,21+,22+,23+,24+,25+/m0/s1. The van der Waals surface area contributed by atoms with Crippen LogP contribution in [-0.2, 0) is 23.7 Å². The predicted octanol–water partition coefficient (Wildman–Crippen LogP) is 3.89. The number of hydrogen-bond acceptors (Lipinski definition) is 6. The summed E-state index contributed by atoms with van der Waals surface area (Å²) >= 11 is 0. The van der Waals surface area contributed by atoms with Crippen molar-refractivity contribution in [3.8, 4) is 0 Å². The normalized spacial score (nSPS) is 33.1. The van der Waals surface area contributed by atoms with Gasteiger partial charge in [0.05, 0.1) is 18.3 Å². The van der Waals surface area contributed by atoms with Crippen LogP contribution in [0.15, 0.2) is 35.5 Å². The van der Waals surface area contributed by atoms with E-state index < -0.39 is 12.4 Å². The van der Waals surface area contributed by atoms with E-state index in [4.69, 9.17) is 23.7 Å². The number of aliphatic hydroxyl groups is 1. The highest BCUT2D eigenvalue weighted by Crippen LogP contribution is 2.42. The fourth-order valence-electron chi connectivity index (χ4n) is 4.60. The Balaban J connectivity index is 1.94. The third kappa shape index (κ3) is 6.50. The summed E-state index contributed by atoms with van der Waals surface area (Å²) in [6, 6.07) is 0. The first-order valence-electron chi connectivity index (χ1n) is 11.3. The van der Waals surface area contributed by atoms with E-state index in [1.54, 1.807) is 28.4 Å². The van der Waals surface area contributed by atoms with Crippen LogP contribution < -0.4 is 0 Å². The Labute approximate surface area is 188 Å². The lowest BCUT2D eigenvalue weighted by atomic mass is 9.90. The van der Waals surface area contributed by atoms with Crippen LogP contribution in [0, 0.1) is 17.8 Å². The lowest BCUT2D eigenvalue weighted by Gasteiger charge is -2.39. The van der Waals surface area contributed by atoms with E-state index in [2.05, 4.69) is 19.9 Å². The van der Waals surface area contributed by atoms with Crippen LogP contribution in [0.5, 0.6) is 0 Å². The van der Waals surface area contributed by atoms with Crippen LogP contribution in [0.25, 0.3) is 0 Å². The molecule has 1 aliphatic heterocycles. The fraction of sp³-hybridized carbons (Fsp3) is 0.760. The molecule has 0 unspecified atom stereocenters. The van der Waals surface area contributed by atoms with Crippen LogP contribution in [0.3, 0.4) is 0 Å². The van der Waals surface area contributed by atoms with Gasteiger partial charge in [-0.05, 0) is 30.4 Å². The molecule has 0 radical (unpaired) electrons. The molecular formula is C25H42O6. The molecule has 1 heterocycles. The minimum absolute atomic E-state index is 0.0187. The van der Waals surface area contributed by atoms with Crippen molar-refractivity contribution in [2.24, 2.45) is 17.8 Å². The molecule has 0 spiro atoms. The van der Waals surface area contributed by atoms with Crippen LogP contribution in [0.1, 0.15) is 40.5 Å². The average Bonchev–Trinajstić information content (AvgIpc) is 3.58. The maximum absolute atomic E-state index is 10.8. The van der Waals surface area contributed by atoms with Gasteiger partial charge in [-0.25, -0.2) is 0 Å². The molecule has 1 N–H and O–H groups in total. The van der Waals surface area contributed by atoms with Gasteiger partial charge in [0.2, 0.25) is 0 Å². The van der Waals surface area contributed by atoms with Crippen LogP contribution in [0.4, 0.5) is 0 Å². The van der Waals surface area contributed by atoms with E-state index in [0.717, 1.165) is 17.6 Å². The molecule has 0 amide bonds. The molecule has 178 valence electrons. The van der Waals surface area contributed by atoms with Crippen molar-refractivity contribution in [2.75, 3.05) is 28.4 Å². The summed E-state index contributed by atoms with van der Waals surface area (Å²) in [5, 5.41) is 10.8. The van der Waals surface area contributed by atoms with E-state index in [0.29, 0.717) is 18.3 Å². The zero-order valence-corrected chi connectivity index (χ0v) is 20.4. The predicted molar refractivity (Wildman–Crippen MR) is 122 cm³/mol. The molecule has 0 aromatic carbocycles. The summed E-state index contributed by atoms with van der Waals surface area (Å²) in [7, 11) is 6.73. The van der Waals surface area contributed by atoms with Gasteiger partial charge in [0.1, 0.15) is 12.2 Å². The van der Waals surface area contributed by atoms with Crippen LogP contribution in [0.2, 0.25) is 0 Å². The molecule has 6 nitrogen and oxygen atoms in total. The summed E-state index contributed by atoms with van der Waals surface area (Å²) in [6.07, 6.45) is 8.79. The smallest absolute Gasteiger partial charge is 0.184 e. The second-order valence-corrected chi connectivity index (χ2v) is 8.78. The van der Waals surface area contributed by atoms with Crippen molar-refractivity contribution in [1.82, 2.24) is 0 Å². The van der Waals surface area contributed by atoms with Gasteiger partial charge < -0.3 is 28.8 Å². The number of hydrogen-bond donors (Lipinski definition) is 1. The summed E-state index contributed by atoms with van der Waals surface area (Å²) in [5.74, 6) is 0.744. The van der Waals surface area contributed by atoms with Crippen molar-refractivity contribution < 1.29 is 28.8 Å². The SMILES string of the molecule is CC[C@H](OC)[C@@H](C)[C@@H]1C=C1[C@H](O)[C@@H](C)/C=C/C=C(\C)[C@H]1O[C@@H](OC)[C@H](OC)C[C@H]1OC. The minimum atomic E-state index is -0.468. The van der Waals surface area contributed by atoms with Crippen molar-refractivity contribution >= 4 is 0 Å². The Hall–Kier alpha value is -1.02. The lowest BCUT2D eigenvalue weighted by molar-refractivity contribution is -0.256. The molecule has 2 aliphatic rings. The Morgan fingerprint density at radius 1 is 1.16 bits per heavy atom. The van der Waals surface area contributed by atoms with Crippen molar-refractivity contribution in [3.63, 3.8) is 0 Å². The molecule has 0 aromatic rings. The fourth-order valence-corrected chi connectivity index (χ4v) is 4.60. The third-order valence-electron chi connectivity index (χ3n) is 6.79. The molecule has 31 heavy (non-hydrogen) atoms. The summed E-state index contributed by atoms with van der Waals surface area (Å²) in [5.41, 5.74) is 2.17. The Bertz CT molecular complexity index is 638. The molecule has 1 saturated heterocycles. The van der Waals surface area contributed by atoms with Gasteiger partial charge in [-0.15, -0.1) is 0 Å². The highest BCUT2D eigenvalue weighted by molar-refractivity contribution is 5.35. The van der Waals surface area contributed by atoms with Gasteiger partial charge >= 0.3 is 0 Å². The zero-order chi connectivity index (χ0) is 23.1. The first-order valence-corrected chi connectivity index (χ1v) is 11.3. The third-order valence-corrected chi connectivity index (χ3v) is 6.79. The number of ether oxygens (including phenoxy) is 5. The Kier molecular flexibility index (Phi) is 10.4. The van der Waals surface area contributed by atoms with E-state index in [1.165, 1.54) is 0 Å². The summed E-state index contributed by atoms with van der Waals surface area (Å²) in [4.78, 5) is 0. The molecule has 9 atom stereocenters. The van der Waals surface area contributed by atoms with Gasteiger partial charge in [0.25, 0.3) is 0 Å². The van der Waals surface area contributed by atoms with Gasteiger partial charge in [-0.2, -0.15) is 0 Å². The lowest BCUT2D eigenvalue weighted by Crippen LogP contribution is -2.49. The highest BCUT2D eigenvalue weighted by Gasteiger charge is 2.40. The van der Waals surface area contributed by atoms with Crippen molar-refractivity contribution in [3.05, 3.63) is 35.5 Å². The monoisotopic (exact) mass is 438 g/mol. The molecular weight excluding hydrogens is 396 g/mol. The largest absolute Gasteiger partial charge is 0.388 e.